The van der Waals surface area contributed by atoms with Gasteiger partial charge in [-0.05, 0) is 70.2 Å². The van der Waals surface area contributed by atoms with Crippen LogP contribution in [0.25, 0.3) is 0 Å². The van der Waals surface area contributed by atoms with Gasteiger partial charge >= 0.3 is 12.1 Å². The highest BCUT2D eigenvalue weighted by atomic mass is 16.6. The maximum absolute atomic E-state index is 12.0. The Labute approximate surface area is 137 Å². The monoisotopic (exact) mass is 319 g/mol. The van der Waals surface area contributed by atoms with Crippen LogP contribution in [0, 0.1) is 13.8 Å². The lowest BCUT2D eigenvalue weighted by atomic mass is 9.64. The highest BCUT2D eigenvalue weighted by molar-refractivity contribution is 5.88. The molecule has 126 valence electrons. The highest BCUT2D eigenvalue weighted by Crippen LogP contribution is 2.45. The Kier molecular flexibility index (Phi) is 4.42. The summed E-state index contributed by atoms with van der Waals surface area (Å²) in [6, 6.07) is 3.70. The van der Waals surface area contributed by atoms with E-state index in [0.717, 1.165) is 23.1 Å². The Morgan fingerprint density at radius 3 is 2.26 bits per heavy atom. The third-order valence-corrected chi connectivity index (χ3v) is 4.47. The summed E-state index contributed by atoms with van der Waals surface area (Å²) in [5.41, 5.74) is 1.84. The molecule has 1 aromatic carbocycles. The summed E-state index contributed by atoms with van der Waals surface area (Å²) in [6.07, 6.45) is 1.65. The van der Waals surface area contributed by atoms with Gasteiger partial charge in [0.05, 0.1) is 5.41 Å². The second-order valence-corrected chi connectivity index (χ2v) is 7.33. The molecule has 1 amide bonds. The average molecular weight is 319 g/mol. The molecular formula is C18H25NO4. The van der Waals surface area contributed by atoms with Crippen molar-refractivity contribution in [1.29, 1.82) is 0 Å². The standard InChI is InChI=1S/C18H25NO4/c1-11-9-13(18(15(20)21)7-6-8-18)10-14(12(11)2)19-16(22)23-17(3,4)5/h9-10H,6-8H2,1-5H3,(H,19,22)(H,20,21). The topological polar surface area (TPSA) is 75.6 Å². The maximum Gasteiger partial charge on any atom is 0.412 e. The zero-order valence-corrected chi connectivity index (χ0v) is 14.4. The van der Waals surface area contributed by atoms with E-state index in [9.17, 15) is 14.7 Å². The van der Waals surface area contributed by atoms with Crippen molar-refractivity contribution in [3.8, 4) is 0 Å². The Morgan fingerprint density at radius 1 is 1.22 bits per heavy atom. The summed E-state index contributed by atoms with van der Waals surface area (Å²) in [5, 5.41) is 12.4. The number of carbonyl (C=O) groups is 2. The zero-order chi connectivity index (χ0) is 17.4. The van der Waals surface area contributed by atoms with Crippen molar-refractivity contribution in [2.24, 2.45) is 0 Å². The van der Waals surface area contributed by atoms with Crippen LogP contribution in [0.5, 0.6) is 0 Å². The number of hydrogen-bond donors (Lipinski definition) is 2. The van der Waals surface area contributed by atoms with Crippen molar-refractivity contribution in [2.45, 2.75) is 64.9 Å². The molecule has 0 radical (unpaired) electrons. The summed E-state index contributed by atoms with van der Waals surface area (Å²) in [5.74, 6) is -0.796. The molecule has 0 saturated heterocycles. The first-order valence-electron chi connectivity index (χ1n) is 7.90. The van der Waals surface area contributed by atoms with Crippen LogP contribution in [0.4, 0.5) is 10.5 Å². The lowest BCUT2D eigenvalue weighted by Crippen LogP contribution is -2.42. The van der Waals surface area contributed by atoms with Crippen LogP contribution in [-0.2, 0) is 14.9 Å². The Balaban J connectivity index is 2.34. The molecule has 5 heteroatoms. The minimum Gasteiger partial charge on any atom is -0.481 e. The summed E-state index contributed by atoms with van der Waals surface area (Å²) in [7, 11) is 0. The quantitative estimate of drug-likeness (QED) is 0.877. The summed E-state index contributed by atoms with van der Waals surface area (Å²) < 4.78 is 5.28. The fraction of sp³-hybridized carbons (Fsp3) is 0.556. The van der Waals surface area contributed by atoms with E-state index in [-0.39, 0.29) is 0 Å². The normalized spacial score (nSPS) is 16.4. The first kappa shape index (κ1) is 17.3. The van der Waals surface area contributed by atoms with E-state index in [1.807, 2.05) is 19.9 Å². The van der Waals surface area contributed by atoms with Crippen molar-refractivity contribution < 1.29 is 19.4 Å². The molecule has 23 heavy (non-hydrogen) atoms. The second kappa shape index (κ2) is 5.87. The van der Waals surface area contributed by atoms with Gasteiger partial charge in [-0.2, -0.15) is 0 Å². The number of aliphatic carboxylic acids is 1. The highest BCUT2D eigenvalue weighted by Gasteiger charge is 2.46. The molecule has 0 aliphatic heterocycles. The van der Waals surface area contributed by atoms with E-state index < -0.39 is 23.1 Å². The summed E-state index contributed by atoms with van der Waals surface area (Å²) >= 11 is 0. The van der Waals surface area contributed by atoms with Crippen molar-refractivity contribution in [1.82, 2.24) is 0 Å². The number of rotatable bonds is 3. The van der Waals surface area contributed by atoms with Crippen LogP contribution in [0.3, 0.4) is 0 Å². The molecule has 0 heterocycles. The van der Waals surface area contributed by atoms with Crippen LogP contribution in [-0.4, -0.2) is 22.8 Å². The van der Waals surface area contributed by atoms with Gasteiger partial charge in [0.15, 0.2) is 0 Å². The lowest BCUT2D eigenvalue weighted by Gasteiger charge is -2.38. The van der Waals surface area contributed by atoms with E-state index in [4.69, 9.17) is 4.74 Å². The molecule has 1 aromatic rings. The summed E-state index contributed by atoms with van der Waals surface area (Å²) in [4.78, 5) is 23.7. The molecule has 0 atom stereocenters. The van der Waals surface area contributed by atoms with E-state index in [2.05, 4.69) is 5.32 Å². The molecule has 0 bridgehead atoms. The van der Waals surface area contributed by atoms with E-state index in [1.165, 1.54) is 0 Å². The molecule has 1 saturated carbocycles. The number of nitrogens with one attached hydrogen (secondary N) is 1. The minimum absolute atomic E-state index is 0.532. The lowest BCUT2D eigenvalue weighted by molar-refractivity contribution is -0.147. The molecule has 2 N–H and O–H groups in total. The fourth-order valence-electron chi connectivity index (χ4n) is 2.84. The van der Waals surface area contributed by atoms with Crippen LogP contribution >= 0.6 is 0 Å². The average Bonchev–Trinajstić information content (AvgIpc) is 2.30. The third kappa shape index (κ3) is 3.49. The number of aryl methyl sites for hydroxylation is 1. The minimum atomic E-state index is -0.817. The van der Waals surface area contributed by atoms with Crippen LogP contribution in [0.2, 0.25) is 0 Å². The number of carboxylic acids is 1. The van der Waals surface area contributed by atoms with Gasteiger partial charge in [0.25, 0.3) is 0 Å². The zero-order valence-electron chi connectivity index (χ0n) is 14.4. The SMILES string of the molecule is Cc1cc(C2(C(=O)O)CCC2)cc(NC(=O)OC(C)(C)C)c1C. The van der Waals surface area contributed by atoms with Crippen LogP contribution in [0.1, 0.15) is 56.7 Å². The molecule has 2 rings (SSSR count). The number of ether oxygens (including phenoxy) is 1. The molecule has 0 aromatic heterocycles. The summed E-state index contributed by atoms with van der Waals surface area (Å²) in [6.45, 7) is 9.23. The van der Waals surface area contributed by atoms with E-state index >= 15 is 0 Å². The Hall–Kier alpha value is -2.04. The smallest absolute Gasteiger partial charge is 0.412 e. The van der Waals surface area contributed by atoms with Crippen LogP contribution < -0.4 is 5.32 Å². The number of hydrogen-bond acceptors (Lipinski definition) is 3. The molecule has 1 fully saturated rings. The predicted octanol–water partition coefficient (Wildman–Crippen LogP) is 4.16. The van der Waals surface area contributed by atoms with Gasteiger partial charge < -0.3 is 9.84 Å². The van der Waals surface area contributed by atoms with Crippen molar-refractivity contribution in [2.75, 3.05) is 5.32 Å². The van der Waals surface area contributed by atoms with Gasteiger partial charge in [0, 0.05) is 5.69 Å². The van der Waals surface area contributed by atoms with Gasteiger partial charge in [0.2, 0.25) is 0 Å². The molecule has 5 nitrogen and oxygen atoms in total. The number of carbonyl (C=O) groups excluding carboxylic acids is 1. The Morgan fingerprint density at radius 2 is 1.83 bits per heavy atom. The number of anilines is 1. The van der Waals surface area contributed by atoms with Gasteiger partial charge in [-0.25, -0.2) is 4.79 Å². The first-order valence-corrected chi connectivity index (χ1v) is 7.90. The molecular weight excluding hydrogens is 294 g/mol. The van der Waals surface area contributed by atoms with Gasteiger partial charge in [-0.15, -0.1) is 0 Å². The van der Waals surface area contributed by atoms with E-state index in [0.29, 0.717) is 18.5 Å². The fourth-order valence-corrected chi connectivity index (χ4v) is 2.84. The molecule has 0 unspecified atom stereocenters. The first-order chi connectivity index (χ1) is 10.5. The van der Waals surface area contributed by atoms with Crippen molar-refractivity contribution in [3.05, 3.63) is 28.8 Å². The van der Waals surface area contributed by atoms with Gasteiger partial charge in [-0.1, -0.05) is 12.5 Å². The number of amides is 1. The van der Waals surface area contributed by atoms with Crippen molar-refractivity contribution >= 4 is 17.7 Å². The maximum atomic E-state index is 12.0. The predicted molar refractivity (Wildman–Crippen MR) is 88.9 cm³/mol. The van der Waals surface area contributed by atoms with Gasteiger partial charge in [-0.3, -0.25) is 10.1 Å². The van der Waals surface area contributed by atoms with Gasteiger partial charge in [0.1, 0.15) is 5.60 Å². The van der Waals surface area contributed by atoms with Crippen molar-refractivity contribution in [3.63, 3.8) is 0 Å². The largest absolute Gasteiger partial charge is 0.481 e. The van der Waals surface area contributed by atoms with Crippen LogP contribution in [0.15, 0.2) is 12.1 Å². The number of carboxylic acid groups (broad SMARTS) is 1. The second-order valence-electron chi connectivity index (χ2n) is 7.33. The molecule has 1 aliphatic rings. The molecule has 1 aliphatic carbocycles. The number of benzene rings is 1. The molecule has 0 spiro atoms. The van der Waals surface area contributed by atoms with E-state index in [1.54, 1.807) is 26.8 Å². The Bertz CT molecular complexity index is 639. The third-order valence-electron chi connectivity index (χ3n) is 4.47.